The zero-order valence-electron chi connectivity index (χ0n) is 11.7. The second kappa shape index (κ2) is 6.26. The molecule has 2 aliphatic rings. The molecule has 0 spiro atoms. The third-order valence-electron chi connectivity index (χ3n) is 4.18. The van der Waals surface area contributed by atoms with Crippen LogP contribution in [0.3, 0.4) is 0 Å². The molecular weight excluding hydrogens is 352 g/mol. The smallest absolute Gasteiger partial charge is 0.323 e. The Morgan fingerprint density at radius 3 is 2.95 bits per heavy atom. The van der Waals surface area contributed by atoms with Crippen molar-refractivity contribution >= 4 is 33.7 Å². The van der Waals surface area contributed by atoms with Gasteiger partial charge in [-0.15, -0.1) is 11.8 Å². The lowest BCUT2D eigenvalue weighted by molar-refractivity contribution is -0.146. The second-order valence-corrected chi connectivity index (χ2v) is 8.08. The van der Waals surface area contributed by atoms with E-state index in [0.29, 0.717) is 17.7 Å². The lowest BCUT2D eigenvalue weighted by Gasteiger charge is -2.38. The molecule has 0 bridgehead atoms. The number of rotatable bonds is 5. The summed E-state index contributed by atoms with van der Waals surface area (Å²) in [4.78, 5) is 16.2. The van der Waals surface area contributed by atoms with E-state index in [1.165, 1.54) is 0 Å². The van der Waals surface area contributed by atoms with Crippen molar-refractivity contribution in [2.24, 2.45) is 0 Å². The molecule has 0 aromatic carbocycles. The largest absolute Gasteiger partial charge is 0.480 e. The van der Waals surface area contributed by atoms with Crippen LogP contribution in [-0.2, 0) is 4.79 Å². The summed E-state index contributed by atoms with van der Waals surface area (Å²) in [6.45, 7) is 0. The first kappa shape index (κ1) is 15.3. The van der Waals surface area contributed by atoms with Gasteiger partial charge in [-0.05, 0) is 66.6 Å². The maximum absolute atomic E-state index is 11.8. The van der Waals surface area contributed by atoms with Gasteiger partial charge in [-0.25, -0.2) is 4.98 Å². The third kappa shape index (κ3) is 3.60. The van der Waals surface area contributed by atoms with Gasteiger partial charge in [0.25, 0.3) is 0 Å². The van der Waals surface area contributed by atoms with Crippen LogP contribution in [0.2, 0.25) is 0 Å². The minimum Gasteiger partial charge on any atom is -0.480 e. The average molecular weight is 371 g/mol. The molecule has 2 atom stereocenters. The Morgan fingerprint density at radius 2 is 2.29 bits per heavy atom. The normalized spacial score (nSPS) is 29.3. The van der Waals surface area contributed by atoms with Crippen molar-refractivity contribution in [1.29, 1.82) is 0 Å². The van der Waals surface area contributed by atoms with E-state index in [0.717, 1.165) is 41.6 Å². The minimum atomic E-state index is -0.738. The Labute approximate surface area is 137 Å². The lowest BCUT2D eigenvalue weighted by atomic mass is 9.81. The van der Waals surface area contributed by atoms with Crippen LogP contribution < -0.4 is 5.32 Å². The molecule has 1 aromatic heterocycles. The molecule has 1 aromatic rings. The number of carboxylic acids is 1. The van der Waals surface area contributed by atoms with Gasteiger partial charge in [0.05, 0.1) is 0 Å². The number of pyridine rings is 1. The van der Waals surface area contributed by atoms with Crippen molar-refractivity contribution in [1.82, 2.24) is 10.3 Å². The van der Waals surface area contributed by atoms with Crippen molar-refractivity contribution < 1.29 is 9.90 Å². The number of carbonyl (C=O) groups is 1. The lowest BCUT2D eigenvalue weighted by Crippen LogP contribution is -2.56. The van der Waals surface area contributed by atoms with Gasteiger partial charge >= 0.3 is 5.97 Å². The Balaban J connectivity index is 1.72. The summed E-state index contributed by atoms with van der Waals surface area (Å²) in [7, 11) is 0. The average Bonchev–Trinajstić information content (AvgIpc) is 3.25. The molecule has 6 heteroatoms. The summed E-state index contributed by atoms with van der Waals surface area (Å²) in [5.74, 6) is -0.695. The van der Waals surface area contributed by atoms with Gasteiger partial charge in [0.15, 0.2) is 0 Å². The summed E-state index contributed by atoms with van der Waals surface area (Å²) in [6.07, 6.45) is 7.41. The van der Waals surface area contributed by atoms with Gasteiger partial charge in [-0.2, -0.15) is 0 Å². The van der Waals surface area contributed by atoms with Gasteiger partial charge in [0, 0.05) is 22.0 Å². The van der Waals surface area contributed by atoms with E-state index < -0.39 is 11.5 Å². The molecule has 0 saturated heterocycles. The first-order valence-electron chi connectivity index (χ1n) is 7.37. The molecule has 2 saturated carbocycles. The van der Waals surface area contributed by atoms with E-state index in [2.05, 4.69) is 26.2 Å². The molecule has 0 amide bonds. The van der Waals surface area contributed by atoms with E-state index in [4.69, 9.17) is 0 Å². The predicted octanol–water partition coefficient (Wildman–Crippen LogP) is 3.45. The number of nitrogens with one attached hydrogen (secondary N) is 1. The minimum absolute atomic E-state index is 0.298. The molecule has 2 fully saturated rings. The Bertz CT molecular complexity index is 538. The highest BCUT2D eigenvalue weighted by Gasteiger charge is 2.46. The number of thioether (sulfide) groups is 1. The second-order valence-electron chi connectivity index (χ2n) is 5.93. The zero-order valence-corrected chi connectivity index (χ0v) is 14.1. The van der Waals surface area contributed by atoms with Crippen molar-refractivity contribution in [3.63, 3.8) is 0 Å². The standard InChI is InChI=1S/C15H19BrN2O2S/c16-12-4-2-8-17-13(12)21-11-3-1-7-15(9-11,14(19)20)18-10-5-6-10/h2,4,8,10-11,18H,1,3,5-7,9H2,(H,19,20). The molecule has 2 aliphatic carbocycles. The van der Waals surface area contributed by atoms with Crippen molar-refractivity contribution in [3.8, 4) is 0 Å². The zero-order chi connectivity index (χ0) is 14.9. The van der Waals surface area contributed by atoms with Crippen LogP contribution >= 0.6 is 27.7 Å². The van der Waals surface area contributed by atoms with Gasteiger partial charge < -0.3 is 5.11 Å². The quantitative estimate of drug-likeness (QED) is 0.830. The molecule has 4 nitrogen and oxygen atoms in total. The summed E-state index contributed by atoms with van der Waals surface area (Å²) < 4.78 is 0.983. The van der Waals surface area contributed by atoms with Crippen LogP contribution in [0, 0.1) is 0 Å². The van der Waals surface area contributed by atoms with E-state index in [9.17, 15) is 9.90 Å². The highest BCUT2D eigenvalue weighted by Crippen LogP contribution is 2.41. The van der Waals surface area contributed by atoms with Gasteiger partial charge in [0.2, 0.25) is 0 Å². The van der Waals surface area contributed by atoms with Crippen LogP contribution in [0.25, 0.3) is 0 Å². The monoisotopic (exact) mass is 370 g/mol. The molecule has 2 N–H and O–H groups in total. The molecule has 2 unspecified atom stereocenters. The molecule has 1 heterocycles. The number of hydrogen-bond donors (Lipinski definition) is 2. The predicted molar refractivity (Wildman–Crippen MR) is 86.6 cm³/mol. The highest BCUT2D eigenvalue weighted by molar-refractivity contribution is 9.10. The highest BCUT2D eigenvalue weighted by atomic mass is 79.9. The Morgan fingerprint density at radius 1 is 1.48 bits per heavy atom. The molecule has 3 rings (SSSR count). The van der Waals surface area contributed by atoms with Crippen LogP contribution in [0.1, 0.15) is 38.5 Å². The van der Waals surface area contributed by atoms with E-state index in [1.54, 1.807) is 18.0 Å². The first-order chi connectivity index (χ1) is 10.1. The molecule has 114 valence electrons. The summed E-state index contributed by atoms with van der Waals surface area (Å²) >= 11 is 5.21. The number of aliphatic carboxylic acids is 1. The van der Waals surface area contributed by atoms with E-state index >= 15 is 0 Å². The Kier molecular flexibility index (Phi) is 4.57. The van der Waals surface area contributed by atoms with Gasteiger partial charge in [-0.3, -0.25) is 10.1 Å². The third-order valence-corrected chi connectivity index (χ3v) is 6.36. The molecular formula is C15H19BrN2O2S. The molecule has 0 radical (unpaired) electrons. The summed E-state index contributed by atoms with van der Waals surface area (Å²) in [5, 5.41) is 14.4. The van der Waals surface area contributed by atoms with Gasteiger partial charge in [0.1, 0.15) is 10.6 Å². The van der Waals surface area contributed by atoms with Crippen LogP contribution in [0.5, 0.6) is 0 Å². The summed E-state index contributed by atoms with van der Waals surface area (Å²) in [6, 6.07) is 4.28. The fraction of sp³-hybridized carbons (Fsp3) is 0.600. The number of nitrogens with zero attached hydrogens (tertiary/aromatic N) is 1. The fourth-order valence-electron chi connectivity index (χ4n) is 2.95. The van der Waals surface area contributed by atoms with Crippen LogP contribution in [0.4, 0.5) is 0 Å². The first-order valence-corrected chi connectivity index (χ1v) is 9.05. The maximum Gasteiger partial charge on any atom is 0.323 e. The van der Waals surface area contributed by atoms with E-state index in [1.807, 2.05) is 12.1 Å². The topological polar surface area (TPSA) is 62.2 Å². The van der Waals surface area contributed by atoms with Crippen molar-refractivity contribution in [2.75, 3.05) is 0 Å². The van der Waals surface area contributed by atoms with Gasteiger partial charge in [-0.1, -0.05) is 0 Å². The van der Waals surface area contributed by atoms with Crippen molar-refractivity contribution in [2.45, 2.75) is 60.4 Å². The fourth-order valence-corrected chi connectivity index (χ4v) is 4.75. The number of halogens is 1. The number of aromatic nitrogens is 1. The number of carboxylic acid groups (broad SMARTS) is 1. The Hall–Kier alpha value is -0.590. The summed E-state index contributed by atoms with van der Waals surface area (Å²) in [5.41, 5.74) is -0.738. The number of hydrogen-bond acceptors (Lipinski definition) is 4. The van der Waals surface area contributed by atoms with Crippen LogP contribution in [0.15, 0.2) is 27.8 Å². The molecule has 0 aliphatic heterocycles. The maximum atomic E-state index is 11.8. The molecule has 21 heavy (non-hydrogen) atoms. The SMILES string of the molecule is O=C(O)C1(NC2CC2)CCCC(Sc2ncccc2Br)C1. The van der Waals surface area contributed by atoms with Crippen LogP contribution in [-0.4, -0.2) is 32.9 Å². The van der Waals surface area contributed by atoms with Crippen molar-refractivity contribution in [3.05, 3.63) is 22.8 Å². The van der Waals surface area contributed by atoms with E-state index in [-0.39, 0.29) is 0 Å².